The second-order valence-corrected chi connectivity index (χ2v) is 5.66. The Labute approximate surface area is 115 Å². The predicted octanol–water partition coefficient (Wildman–Crippen LogP) is 1.84. The first kappa shape index (κ1) is 14.5. The highest BCUT2D eigenvalue weighted by atomic mass is 16.4. The molecule has 1 aliphatic heterocycles. The third kappa shape index (κ3) is 4.28. The van der Waals surface area contributed by atoms with Crippen LogP contribution in [0.1, 0.15) is 45.4 Å². The van der Waals surface area contributed by atoms with Crippen molar-refractivity contribution in [3.8, 4) is 0 Å². The fourth-order valence-corrected chi connectivity index (χ4v) is 2.52. The summed E-state index contributed by atoms with van der Waals surface area (Å²) in [6.45, 7) is 10.7. The van der Waals surface area contributed by atoms with Crippen molar-refractivity contribution >= 4 is 0 Å². The number of aryl methyl sites for hydroxylation is 1. The van der Waals surface area contributed by atoms with E-state index < -0.39 is 0 Å². The Morgan fingerprint density at radius 3 is 2.53 bits per heavy atom. The first-order valence-electron chi connectivity index (χ1n) is 7.45. The van der Waals surface area contributed by atoms with Crippen LogP contribution in [-0.2, 0) is 13.0 Å². The Morgan fingerprint density at radius 2 is 1.95 bits per heavy atom. The molecule has 19 heavy (non-hydrogen) atoms. The molecule has 2 heterocycles. The van der Waals surface area contributed by atoms with Gasteiger partial charge >= 0.3 is 0 Å². The zero-order chi connectivity index (χ0) is 13.7. The number of piperidine rings is 1. The van der Waals surface area contributed by atoms with Gasteiger partial charge in [-0.25, -0.2) is 0 Å². The fraction of sp³-hybridized carbons (Fsp3) is 0.857. The van der Waals surface area contributed by atoms with Gasteiger partial charge in [-0.1, -0.05) is 6.92 Å². The molecule has 1 aliphatic rings. The first-order valence-corrected chi connectivity index (χ1v) is 7.45. The summed E-state index contributed by atoms with van der Waals surface area (Å²) in [4.78, 5) is 2.45. The number of aromatic nitrogens is 2. The largest absolute Gasteiger partial charge is 0.424 e. The highest BCUT2D eigenvalue weighted by Crippen LogP contribution is 2.17. The lowest BCUT2D eigenvalue weighted by atomic mass is 9.97. The topological polar surface area (TPSA) is 54.2 Å². The molecule has 0 spiro atoms. The number of nitrogens with one attached hydrogen (secondary N) is 1. The van der Waals surface area contributed by atoms with E-state index in [1.54, 1.807) is 0 Å². The van der Waals surface area contributed by atoms with Crippen LogP contribution < -0.4 is 5.32 Å². The molecule has 0 aliphatic carbocycles. The SMILES string of the molecule is CCc1nnc(CN(CC2CCNCC2)C(C)C)o1. The fourth-order valence-electron chi connectivity index (χ4n) is 2.52. The minimum absolute atomic E-state index is 0.506. The van der Waals surface area contributed by atoms with Crippen molar-refractivity contribution in [2.75, 3.05) is 19.6 Å². The van der Waals surface area contributed by atoms with Gasteiger partial charge in [-0.15, -0.1) is 10.2 Å². The molecule has 0 radical (unpaired) electrons. The smallest absolute Gasteiger partial charge is 0.230 e. The summed E-state index contributed by atoms with van der Waals surface area (Å²) in [5, 5.41) is 11.6. The monoisotopic (exact) mass is 266 g/mol. The molecule has 0 atom stereocenters. The van der Waals surface area contributed by atoms with Gasteiger partial charge in [0, 0.05) is 19.0 Å². The summed E-state index contributed by atoms with van der Waals surface area (Å²) in [6.07, 6.45) is 3.35. The lowest BCUT2D eigenvalue weighted by Gasteiger charge is -2.31. The van der Waals surface area contributed by atoms with Crippen LogP contribution in [0.15, 0.2) is 4.42 Å². The average Bonchev–Trinajstić information content (AvgIpc) is 2.87. The third-order valence-corrected chi connectivity index (χ3v) is 3.83. The number of rotatable bonds is 6. The lowest BCUT2D eigenvalue weighted by molar-refractivity contribution is 0.148. The van der Waals surface area contributed by atoms with Crippen molar-refractivity contribution < 1.29 is 4.42 Å². The molecule has 2 rings (SSSR count). The van der Waals surface area contributed by atoms with E-state index in [4.69, 9.17) is 4.42 Å². The predicted molar refractivity (Wildman–Crippen MR) is 74.8 cm³/mol. The maximum atomic E-state index is 5.63. The van der Waals surface area contributed by atoms with Gasteiger partial charge in [-0.2, -0.15) is 0 Å². The molecule has 0 saturated carbocycles. The molecular weight excluding hydrogens is 240 g/mol. The molecule has 1 aromatic heterocycles. The molecule has 5 nitrogen and oxygen atoms in total. The van der Waals surface area contributed by atoms with Crippen LogP contribution in [0.4, 0.5) is 0 Å². The van der Waals surface area contributed by atoms with Gasteiger partial charge in [0.25, 0.3) is 0 Å². The Hall–Kier alpha value is -0.940. The summed E-state index contributed by atoms with van der Waals surface area (Å²) < 4.78 is 5.63. The Balaban J connectivity index is 1.91. The molecular formula is C14H26N4O. The lowest BCUT2D eigenvalue weighted by Crippen LogP contribution is -2.39. The molecule has 1 N–H and O–H groups in total. The van der Waals surface area contributed by atoms with Crippen molar-refractivity contribution in [1.29, 1.82) is 0 Å². The standard InChI is InChI=1S/C14H26N4O/c1-4-13-16-17-14(19-13)10-18(11(2)3)9-12-5-7-15-8-6-12/h11-12,15H,4-10H2,1-3H3. The Bertz CT molecular complexity index is 371. The van der Waals surface area contributed by atoms with Gasteiger partial charge in [0.2, 0.25) is 11.8 Å². The van der Waals surface area contributed by atoms with Crippen molar-refractivity contribution in [2.45, 2.75) is 52.6 Å². The van der Waals surface area contributed by atoms with E-state index in [2.05, 4.69) is 34.3 Å². The van der Waals surface area contributed by atoms with Crippen LogP contribution in [-0.4, -0.2) is 40.8 Å². The van der Waals surface area contributed by atoms with E-state index in [9.17, 15) is 0 Å². The molecule has 1 saturated heterocycles. The van der Waals surface area contributed by atoms with Gasteiger partial charge in [0.15, 0.2) is 0 Å². The minimum atomic E-state index is 0.506. The number of nitrogens with zero attached hydrogens (tertiary/aromatic N) is 3. The summed E-state index contributed by atoms with van der Waals surface area (Å²) in [7, 11) is 0. The van der Waals surface area contributed by atoms with Gasteiger partial charge in [-0.05, 0) is 45.7 Å². The van der Waals surface area contributed by atoms with E-state index in [0.717, 1.165) is 50.3 Å². The van der Waals surface area contributed by atoms with Crippen LogP contribution in [0.2, 0.25) is 0 Å². The zero-order valence-electron chi connectivity index (χ0n) is 12.4. The van der Waals surface area contributed by atoms with E-state index >= 15 is 0 Å². The number of hydrogen-bond acceptors (Lipinski definition) is 5. The molecule has 1 aromatic rings. The van der Waals surface area contributed by atoms with Crippen LogP contribution in [0, 0.1) is 5.92 Å². The highest BCUT2D eigenvalue weighted by molar-refractivity contribution is 4.83. The second kappa shape index (κ2) is 7.01. The number of hydrogen-bond donors (Lipinski definition) is 1. The molecule has 108 valence electrons. The van der Waals surface area contributed by atoms with E-state index in [1.165, 1.54) is 12.8 Å². The molecule has 5 heteroatoms. The van der Waals surface area contributed by atoms with Crippen molar-refractivity contribution in [1.82, 2.24) is 20.4 Å². The van der Waals surface area contributed by atoms with Gasteiger partial charge in [0.1, 0.15) is 0 Å². The van der Waals surface area contributed by atoms with Crippen LogP contribution in [0.3, 0.4) is 0 Å². The summed E-state index contributed by atoms with van der Waals surface area (Å²) in [6, 6.07) is 0.506. The first-order chi connectivity index (χ1) is 9.19. The molecule has 0 unspecified atom stereocenters. The van der Waals surface area contributed by atoms with Crippen molar-refractivity contribution in [2.24, 2.45) is 5.92 Å². The Kier molecular flexibility index (Phi) is 5.34. The third-order valence-electron chi connectivity index (χ3n) is 3.83. The maximum absolute atomic E-state index is 5.63. The van der Waals surface area contributed by atoms with Crippen LogP contribution in [0.5, 0.6) is 0 Å². The van der Waals surface area contributed by atoms with Crippen molar-refractivity contribution in [3.05, 3.63) is 11.8 Å². The summed E-state index contributed by atoms with van der Waals surface area (Å²) in [5.74, 6) is 2.28. The highest BCUT2D eigenvalue weighted by Gasteiger charge is 2.20. The van der Waals surface area contributed by atoms with Crippen LogP contribution >= 0.6 is 0 Å². The van der Waals surface area contributed by atoms with E-state index in [-0.39, 0.29) is 0 Å². The molecule has 0 bridgehead atoms. The van der Waals surface area contributed by atoms with Crippen LogP contribution in [0.25, 0.3) is 0 Å². The second-order valence-electron chi connectivity index (χ2n) is 5.66. The quantitative estimate of drug-likeness (QED) is 0.851. The van der Waals surface area contributed by atoms with Gasteiger partial charge in [0.05, 0.1) is 6.54 Å². The van der Waals surface area contributed by atoms with Gasteiger partial charge < -0.3 is 9.73 Å². The zero-order valence-corrected chi connectivity index (χ0v) is 12.4. The summed E-state index contributed by atoms with van der Waals surface area (Å²) in [5.41, 5.74) is 0. The van der Waals surface area contributed by atoms with Crippen molar-refractivity contribution in [3.63, 3.8) is 0 Å². The molecule has 0 aromatic carbocycles. The molecule has 0 amide bonds. The maximum Gasteiger partial charge on any atom is 0.230 e. The normalized spacial score (nSPS) is 17.5. The Morgan fingerprint density at radius 1 is 1.26 bits per heavy atom. The van der Waals surface area contributed by atoms with Gasteiger partial charge in [-0.3, -0.25) is 4.90 Å². The average molecular weight is 266 g/mol. The van der Waals surface area contributed by atoms with E-state index in [1.807, 2.05) is 6.92 Å². The summed E-state index contributed by atoms with van der Waals surface area (Å²) >= 11 is 0. The minimum Gasteiger partial charge on any atom is -0.424 e. The van der Waals surface area contributed by atoms with E-state index in [0.29, 0.717) is 6.04 Å². The molecule has 1 fully saturated rings.